The van der Waals surface area contributed by atoms with E-state index in [4.69, 9.17) is 0 Å². The lowest BCUT2D eigenvalue weighted by Gasteiger charge is -2.35. The smallest absolute Gasteiger partial charge is 0.0543 e. The molecule has 2 aliphatic carbocycles. The van der Waals surface area contributed by atoms with E-state index in [0.717, 1.165) is 30.5 Å². The van der Waals surface area contributed by atoms with Gasteiger partial charge in [0.1, 0.15) is 0 Å². The molecule has 1 aliphatic heterocycles. The number of likely N-dealkylation sites (tertiary alicyclic amines) is 1. The van der Waals surface area contributed by atoms with Crippen molar-refractivity contribution >= 4 is 0 Å². The Kier molecular flexibility index (Phi) is 4.44. The summed E-state index contributed by atoms with van der Waals surface area (Å²) in [5, 5.41) is 4.03. The van der Waals surface area contributed by atoms with E-state index in [-0.39, 0.29) is 0 Å². The molecule has 1 unspecified atom stereocenters. The van der Waals surface area contributed by atoms with E-state index in [1.807, 2.05) is 12.3 Å². The maximum Gasteiger partial charge on any atom is 0.0543 e. The molecular formula is C19H29N3. The minimum Gasteiger partial charge on any atom is -0.311 e. The second-order valence-electron chi connectivity index (χ2n) is 7.58. The van der Waals surface area contributed by atoms with Crippen LogP contribution in [0.2, 0.25) is 0 Å². The fourth-order valence-electron chi connectivity index (χ4n) is 5.05. The van der Waals surface area contributed by atoms with Gasteiger partial charge < -0.3 is 5.32 Å². The van der Waals surface area contributed by atoms with Gasteiger partial charge in [-0.3, -0.25) is 9.88 Å². The van der Waals surface area contributed by atoms with Crippen LogP contribution in [0.25, 0.3) is 0 Å². The molecule has 0 spiro atoms. The summed E-state index contributed by atoms with van der Waals surface area (Å²) in [6.07, 6.45) is 11.9. The first-order valence-corrected chi connectivity index (χ1v) is 9.27. The van der Waals surface area contributed by atoms with Gasteiger partial charge in [0, 0.05) is 37.9 Å². The minimum atomic E-state index is 0.754. The van der Waals surface area contributed by atoms with Crippen LogP contribution in [0.15, 0.2) is 24.4 Å². The highest BCUT2D eigenvalue weighted by Crippen LogP contribution is 2.44. The molecule has 3 fully saturated rings. The van der Waals surface area contributed by atoms with Crippen LogP contribution < -0.4 is 5.32 Å². The number of aromatic nitrogens is 1. The van der Waals surface area contributed by atoms with Gasteiger partial charge in [0.05, 0.1) is 5.69 Å². The Balaban J connectivity index is 1.24. The maximum absolute atomic E-state index is 4.45. The average molecular weight is 299 g/mol. The third kappa shape index (κ3) is 3.21. The number of piperidine rings is 1. The van der Waals surface area contributed by atoms with Gasteiger partial charge in [-0.25, -0.2) is 0 Å². The monoisotopic (exact) mass is 299 g/mol. The van der Waals surface area contributed by atoms with Gasteiger partial charge in [0.15, 0.2) is 0 Å². The van der Waals surface area contributed by atoms with Crippen molar-refractivity contribution in [1.82, 2.24) is 15.2 Å². The molecule has 0 bridgehead atoms. The molecule has 0 radical (unpaired) electrons. The van der Waals surface area contributed by atoms with Gasteiger partial charge in [-0.2, -0.15) is 0 Å². The molecule has 3 atom stereocenters. The standard InChI is InChI=1S/C19H29N3/c1-2-11-20-17(5-1)14-22-12-9-16(10-13-22)21-19-8-7-15-4-3-6-18(15)19/h1-2,5,11,15-16,18-19,21H,3-4,6-10,12-14H2/t15-,18-,19?/m0/s1. The van der Waals surface area contributed by atoms with Crippen molar-refractivity contribution in [2.75, 3.05) is 13.1 Å². The fourth-order valence-corrected chi connectivity index (χ4v) is 5.05. The molecule has 2 saturated carbocycles. The predicted molar refractivity (Wildman–Crippen MR) is 89.5 cm³/mol. The molecule has 3 nitrogen and oxygen atoms in total. The van der Waals surface area contributed by atoms with E-state index in [1.165, 1.54) is 63.7 Å². The van der Waals surface area contributed by atoms with Crippen molar-refractivity contribution in [1.29, 1.82) is 0 Å². The molecule has 1 saturated heterocycles. The number of rotatable bonds is 4. The van der Waals surface area contributed by atoms with E-state index in [0.29, 0.717) is 0 Å². The normalized spacial score (nSPS) is 33.2. The molecular weight excluding hydrogens is 270 g/mol. The van der Waals surface area contributed by atoms with Crippen LogP contribution in [0.3, 0.4) is 0 Å². The van der Waals surface area contributed by atoms with E-state index in [9.17, 15) is 0 Å². The highest BCUT2D eigenvalue weighted by atomic mass is 15.1. The van der Waals surface area contributed by atoms with E-state index >= 15 is 0 Å². The largest absolute Gasteiger partial charge is 0.311 e. The van der Waals surface area contributed by atoms with Gasteiger partial charge in [0.2, 0.25) is 0 Å². The maximum atomic E-state index is 4.45. The van der Waals surface area contributed by atoms with Crippen molar-refractivity contribution < 1.29 is 0 Å². The zero-order chi connectivity index (χ0) is 14.8. The zero-order valence-electron chi connectivity index (χ0n) is 13.6. The Morgan fingerprint density at radius 1 is 1.05 bits per heavy atom. The van der Waals surface area contributed by atoms with Crippen LogP contribution in [0.4, 0.5) is 0 Å². The van der Waals surface area contributed by atoms with Crippen molar-refractivity contribution in [2.24, 2.45) is 11.8 Å². The molecule has 2 heterocycles. The summed E-state index contributed by atoms with van der Waals surface area (Å²) < 4.78 is 0. The van der Waals surface area contributed by atoms with E-state index < -0.39 is 0 Å². The SMILES string of the molecule is c1ccc(CN2CCC(NC3CC[C@@H]4CCC[C@H]34)CC2)nc1. The van der Waals surface area contributed by atoms with Crippen molar-refractivity contribution in [3.8, 4) is 0 Å². The number of pyridine rings is 1. The molecule has 4 rings (SSSR count). The van der Waals surface area contributed by atoms with Crippen LogP contribution in [-0.4, -0.2) is 35.1 Å². The molecule has 0 amide bonds. The fraction of sp³-hybridized carbons (Fsp3) is 0.737. The molecule has 1 N–H and O–H groups in total. The number of nitrogens with one attached hydrogen (secondary N) is 1. The number of hydrogen-bond acceptors (Lipinski definition) is 3. The Morgan fingerprint density at radius 3 is 2.77 bits per heavy atom. The molecule has 3 aliphatic rings. The number of hydrogen-bond donors (Lipinski definition) is 1. The second kappa shape index (κ2) is 6.67. The Labute approximate surface area is 134 Å². The number of nitrogens with zero attached hydrogens (tertiary/aromatic N) is 2. The summed E-state index contributed by atoms with van der Waals surface area (Å²) in [7, 11) is 0. The summed E-state index contributed by atoms with van der Waals surface area (Å²) in [6, 6.07) is 7.82. The molecule has 1 aromatic heterocycles. The van der Waals surface area contributed by atoms with Gasteiger partial charge in [-0.1, -0.05) is 18.9 Å². The van der Waals surface area contributed by atoms with Gasteiger partial charge in [-0.15, -0.1) is 0 Å². The lowest BCUT2D eigenvalue weighted by Crippen LogP contribution is -2.47. The van der Waals surface area contributed by atoms with Gasteiger partial charge >= 0.3 is 0 Å². The highest BCUT2D eigenvalue weighted by Gasteiger charge is 2.39. The topological polar surface area (TPSA) is 28.2 Å². The molecule has 0 aromatic carbocycles. The molecule has 3 heteroatoms. The Morgan fingerprint density at radius 2 is 1.95 bits per heavy atom. The summed E-state index contributed by atoms with van der Waals surface area (Å²) in [5.74, 6) is 2.06. The average Bonchev–Trinajstić information content (AvgIpc) is 3.15. The lowest BCUT2D eigenvalue weighted by atomic mass is 9.95. The molecule has 120 valence electrons. The number of fused-ring (bicyclic) bond motifs is 1. The van der Waals surface area contributed by atoms with Crippen molar-refractivity contribution in [3.63, 3.8) is 0 Å². The third-order valence-electron chi connectivity index (χ3n) is 6.23. The zero-order valence-corrected chi connectivity index (χ0v) is 13.6. The summed E-state index contributed by atoms with van der Waals surface area (Å²) >= 11 is 0. The van der Waals surface area contributed by atoms with Crippen LogP contribution >= 0.6 is 0 Å². The van der Waals surface area contributed by atoms with E-state index in [2.05, 4.69) is 27.3 Å². The van der Waals surface area contributed by atoms with Gasteiger partial charge in [0.25, 0.3) is 0 Å². The first kappa shape index (κ1) is 14.6. The van der Waals surface area contributed by atoms with E-state index in [1.54, 1.807) is 0 Å². The van der Waals surface area contributed by atoms with Crippen LogP contribution in [0, 0.1) is 11.8 Å². The summed E-state index contributed by atoms with van der Waals surface area (Å²) in [6.45, 7) is 3.45. The molecule has 1 aromatic rings. The predicted octanol–water partition coefficient (Wildman–Crippen LogP) is 3.21. The van der Waals surface area contributed by atoms with Crippen LogP contribution in [0.5, 0.6) is 0 Å². The minimum absolute atomic E-state index is 0.754. The third-order valence-corrected chi connectivity index (χ3v) is 6.23. The Hall–Kier alpha value is -0.930. The van der Waals surface area contributed by atoms with Crippen LogP contribution in [0.1, 0.15) is 50.6 Å². The second-order valence-corrected chi connectivity index (χ2v) is 7.58. The van der Waals surface area contributed by atoms with Crippen molar-refractivity contribution in [2.45, 2.75) is 63.6 Å². The quantitative estimate of drug-likeness (QED) is 0.925. The lowest BCUT2D eigenvalue weighted by molar-refractivity contribution is 0.176. The summed E-state index contributed by atoms with van der Waals surface area (Å²) in [5.41, 5.74) is 1.21. The first-order valence-electron chi connectivity index (χ1n) is 9.27. The highest BCUT2D eigenvalue weighted by molar-refractivity contribution is 5.03. The molecule has 22 heavy (non-hydrogen) atoms. The first-order chi connectivity index (χ1) is 10.9. The summed E-state index contributed by atoms with van der Waals surface area (Å²) in [4.78, 5) is 7.02. The van der Waals surface area contributed by atoms with Gasteiger partial charge in [-0.05, 0) is 56.1 Å². The van der Waals surface area contributed by atoms with Crippen molar-refractivity contribution in [3.05, 3.63) is 30.1 Å². The van der Waals surface area contributed by atoms with Crippen LogP contribution in [-0.2, 0) is 6.54 Å². The Bertz CT molecular complexity index is 467.